The number of methoxy groups -OCH3 is 1. The molecule has 1 aliphatic heterocycles. The Hall–Kier alpha value is -3.36. The molecule has 1 heterocycles. The lowest BCUT2D eigenvalue weighted by Crippen LogP contribution is -2.50. The number of alkyl halides is 2. The minimum absolute atomic E-state index is 0.0296. The van der Waals surface area contributed by atoms with Crippen molar-refractivity contribution in [3.05, 3.63) is 54.1 Å². The van der Waals surface area contributed by atoms with E-state index >= 15 is 0 Å². The molecule has 0 spiro atoms. The number of amides is 1. The third-order valence-electron chi connectivity index (χ3n) is 4.68. The van der Waals surface area contributed by atoms with E-state index in [9.17, 15) is 18.4 Å². The van der Waals surface area contributed by atoms with Crippen LogP contribution in [0.15, 0.2) is 48.5 Å². The van der Waals surface area contributed by atoms with Gasteiger partial charge in [-0.1, -0.05) is 18.2 Å². The molecule has 0 aliphatic carbocycles. The first kappa shape index (κ1) is 21.4. The highest BCUT2D eigenvalue weighted by molar-refractivity contribution is 5.91. The molecule has 1 amide bonds. The van der Waals surface area contributed by atoms with E-state index < -0.39 is 19.2 Å². The number of nitrogens with zero attached hydrogens (tertiary/aromatic N) is 2. The molecule has 0 aromatic heterocycles. The second-order valence-electron chi connectivity index (χ2n) is 6.52. The molecule has 30 heavy (non-hydrogen) atoms. The van der Waals surface area contributed by atoms with Crippen LogP contribution in [0.4, 0.5) is 14.5 Å². The summed E-state index contributed by atoms with van der Waals surface area (Å²) >= 11 is 0. The van der Waals surface area contributed by atoms with Crippen molar-refractivity contribution in [2.24, 2.45) is 0 Å². The van der Waals surface area contributed by atoms with Crippen LogP contribution >= 0.6 is 0 Å². The van der Waals surface area contributed by atoms with E-state index in [0.717, 1.165) is 17.5 Å². The van der Waals surface area contributed by atoms with Crippen molar-refractivity contribution in [2.45, 2.75) is 6.61 Å². The topological polar surface area (TPSA) is 68.3 Å². The molecule has 160 valence electrons. The first-order chi connectivity index (χ1) is 14.5. The molecule has 7 nitrogen and oxygen atoms in total. The van der Waals surface area contributed by atoms with Crippen LogP contribution in [0.1, 0.15) is 10.4 Å². The van der Waals surface area contributed by atoms with Crippen LogP contribution in [0.3, 0.4) is 0 Å². The normalized spacial score (nSPS) is 13.9. The standard InChI is InChI=1S/C21H22F2N2O5/c1-28-18-8-3-2-7-17(18)24-9-11-25(12-10-24)19(26)14-29-20(27)15-5-4-6-16(13-15)30-21(22)23/h2-8,13,21H,9-12,14H2,1H3. The second kappa shape index (κ2) is 9.91. The maximum absolute atomic E-state index is 12.4. The van der Waals surface area contributed by atoms with Crippen molar-refractivity contribution in [1.82, 2.24) is 4.90 Å². The summed E-state index contributed by atoms with van der Waals surface area (Å²) in [5.41, 5.74) is 0.992. The molecular weight excluding hydrogens is 398 g/mol. The van der Waals surface area contributed by atoms with Crippen molar-refractivity contribution in [3.63, 3.8) is 0 Å². The number of esters is 1. The van der Waals surface area contributed by atoms with Gasteiger partial charge >= 0.3 is 12.6 Å². The smallest absolute Gasteiger partial charge is 0.387 e. The fourth-order valence-electron chi connectivity index (χ4n) is 3.19. The number of halogens is 2. The molecule has 3 rings (SSSR count). The minimum Gasteiger partial charge on any atom is -0.495 e. The van der Waals surface area contributed by atoms with Gasteiger partial charge in [0, 0.05) is 26.2 Å². The van der Waals surface area contributed by atoms with Gasteiger partial charge in [0.05, 0.1) is 18.4 Å². The van der Waals surface area contributed by atoms with E-state index in [-0.39, 0.29) is 17.2 Å². The lowest BCUT2D eigenvalue weighted by Gasteiger charge is -2.36. The maximum Gasteiger partial charge on any atom is 0.387 e. The highest BCUT2D eigenvalue weighted by atomic mass is 19.3. The summed E-state index contributed by atoms with van der Waals surface area (Å²) < 4.78 is 39.3. The molecule has 0 saturated carbocycles. The van der Waals surface area contributed by atoms with E-state index in [0.29, 0.717) is 26.2 Å². The zero-order chi connectivity index (χ0) is 21.5. The lowest BCUT2D eigenvalue weighted by atomic mass is 10.2. The number of rotatable bonds is 7. The van der Waals surface area contributed by atoms with E-state index in [4.69, 9.17) is 9.47 Å². The van der Waals surface area contributed by atoms with Gasteiger partial charge in [-0.05, 0) is 30.3 Å². The first-order valence-electron chi connectivity index (χ1n) is 9.35. The monoisotopic (exact) mass is 420 g/mol. The SMILES string of the molecule is COc1ccccc1N1CCN(C(=O)COC(=O)c2cccc(OC(F)F)c2)CC1. The molecule has 0 bridgehead atoms. The Labute approximate surface area is 172 Å². The zero-order valence-corrected chi connectivity index (χ0v) is 16.4. The predicted octanol–water partition coefficient (Wildman–Crippen LogP) is 2.80. The van der Waals surface area contributed by atoms with Crippen LogP contribution in [0, 0.1) is 0 Å². The fraction of sp³-hybridized carbons (Fsp3) is 0.333. The largest absolute Gasteiger partial charge is 0.495 e. The van der Waals surface area contributed by atoms with Crippen LogP contribution < -0.4 is 14.4 Å². The van der Waals surface area contributed by atoms with Gasteiger partial charge in [0.25, 0.3) is 5.91 Å². The fourth-order valence-corrected chi connectivity index (χ4v) is 3.19. The number of hydrogen-bond acceptors (Lipinski definition) is 6. The van der Waals surface area contributed by atoms with Gasteiger partial charge in [-0.15, -0.1) is 0 Å². The number of hydrogen-bond donors (Lipinski definition) is 0. The Morgan fingerprint density at radius 1 is 1.03 bits per heavy atom. The van der Waals surface area contributed by atoms with Gasteiger partial charge in [-0.2, -0.15) is 8.78 Å². The Balaban J connectivity index is 1.50. The molecule has 0 radical (unpaired) electrons. The van der Waals surface area contributed by atoms with Gasteiger partial charge in [0.15, 0.2) is 6.61 Å². The van der Waals surface area contributed by atoms with E-state index in [1.165, 1.54) is 18.2 Å². The molecule has 0 N–H and O–H groups in total. The number of carbonyl (C=O) groups excluding carboxylic acids is 2. The number of ether oxygens (including phenoxy) is 3. The van der Waals surface area contributed by atoms with Crippen LogP contribution in [0.5, 0.6) is 11.5 Å². The Kier molecular flexibility index (Phi) is 7.05. The number of benzene rings is 2. The average molecular weight is 420 g/mol. The van der Waals surface area contributed by atoms with Crippen molar-refractivity contribution >= 4 is 17.6 Å². The molecule has 1 saturated heterocycles. The average Bonchev–Trinajstić information content (AvgIpc) is 2.77. The van der Waals surface area contributed by atoms with Gasteiger partial charge in [0.2, 0.25) is 0 Å². The summed E-state index contributed by atoms with van der Waals surface area (Å²) in [7, 11) is 1.61. The van der Waals surface area contributed by atoms with Gasteiger partial charge in [0.1, 0.15) is 11.5 Å². The Morgan fingerprint density at radius 3 is 2.47 bits per heavy atom. The highest BCUT2D eigenvalue weighted by Gasteiger charge is 2.24. The Bertz CT molecular complexity index is 885. The maximum atomic E-state index is 12.4. The number of piperazine rings is 1. The van der Waals surface area contributed by atoms with Crippen molar-refractivity contribution in [3.8, 4) is 11.5 Å². The molecule has 2 aromatic carbocycles. The molecule has 2 aromatic rings. The number of para-hydroxylation sites is 2. The second-order valence-corrected chi connectivity index (χ2v) is 6.52. The van der Waals surface area contributed by atoms with Gasteiger partial charge in [-0.25, -0.2) is 4.79 Å². The third kappa shape index (κ3) is 5.37. The summed E-state index contributed by atoms with van der Waals surface area (Å²) in [6.45, 7) is -1.22. The van der Waals surface area contributed by atoms with E-state index in [2.05, 4.69) is 9.64 Å². The highest BCUT2D eigenvalue weighted by Crippen LogP contribution is 2.28. The van der Waals surface area contributed by atoms with Crippen molar-refractivity contribution in [2.75, 3.05) is 44.8 Å². The number of anilines is 1. The molecular formula is C21H22F2N2O5. The zero-order valence-electron chi connectivity index (χ0n) is 16.4. The lowest BCUT2D eigenvalue weighted by molar-refractivity contribution is -0.134. The van der Waals surface area contributed by atoms with Crippen LogP contribution in [0.2, 0.25) is 0 Å². The van der Waals surface area contributed by atoms with Gasteiger partial charge < -0.3 is 24.0 Å². The van der Waals surface area contributed by atoms with Crippen molar-refractivity contribution in [1.29, 1.82) is 0 Å². The van der Waals surface area contributed by atoms with E-state index in [1.807, 2.05) is 24.3 Å². The van der Waals surface area contributed by atoms with Crippen LogP contribution in [-0.4, -0.2) is 63.3 Å². The van der Waals surface area contributed by atoms with Crippen LogP contribution in [-0.2, 0) is 9.53 Å². The Morgan fingerprint density at radius 2 is 1.77 bits per heavy atom. The summed E-state index contributed by atoms with van der Waals surface area (Å²) in [4.78, 5) is 28.3. The quantitative estimate of drug-likeness (QED) is 0.642. The summed E-state index contributed by atoms with van der Waals surface area (Å²) in [5, 5.41) is 0. The first-order valence-corrected chi connectivity index (χ1v) is 9.35. The van der Waals surface area contributed by atoms with Gasteiger partial charge in [-0.3, -0.25) is 4.79 Å². The van der Waals surface area contributed by atoms with Crippen LogP contribution in [0.25, 0.3) is 0 Å². The molecule has 0 atom stereocenters. The summed E-state index contributed by atoms with van der Waals surface area (Å²) in [6.07, 6.45) is 0. The minimum atomic E-state index is -2.99. The molecule has 1 aliphatic rings. The third-order valence-corrected chi connectivity index (χ3v) is 4.68. The molecule has 0 unspecified atom stereocenters. The predicted molar refractivity (Wildman–Crippen MR) is 105 cm³/mol. The number of carbonyl (C=O) groups is 2. The summed E-state index contributed by atoms with van der Waals surface area (Å²) in [6, 6.07) is 12.9. The summed E-state index contributed by atoms with van der Waals surface area (Å²) in [5.74, 6) is -0.485. The molecule has 1 fully saturated rings. The molecule has 9 heteroatoms. The van der Waals surface area contributed by atoms with Crippen molar-refractivity contribution < 1.29 is 32.6 Å². The van der Waals surface area contributed by atoms with E-state index in [1.54, 1.807) is 12.0 Å².